The number of nitrogens with one attached hydrogen (secondary N) is 2. The average molecular weight is 359 g/mol. The molecule has 0 spiro atoms. The highest BCUT2D eigenvalue weighted by Gasteiger charge is 2.32. The Morgan fingerprint density at radius 3 is 2.17 bits per heavy atom. The highest BCUT2D eigenvalue weighted by atomic mass is 35.5. The van der Waals surface area contributed by atoms with Crippen LogP contribution in [0.1, 0.15) is 46.5 Å². The van der Waals surface area contributed by atoms with Gasteiger partial charge in [0.2, 0.25) is 10.0 Å². The minimum atomic E-state index is -3.25. The van der Waals surface area contributed by atoms with E-state index in [1.807, 2.05) is 24.3 Å². The van der Waals surface area contributed by atoms with Gasteiger partial charge < -0.3 is 5.32 Å². The molecular formula is C17H27ClN2O2S. The summed E-state index contributed by atoms with van der Waals surface area (Å²) in [6.07, 6.45) is 3.89. The second-order valence-corrected chi connectivity index (χ2v) is 10.2. The topological polar surface area (TPSA) is 58.2 Å². The van der Waals surface area contributed by atoms with Gasteiger partial charge in [0.1, 0.15) is 0 Å². The minimum Gasteiger partial charge on any atom is -0.385 e. The van der Waals surface area contributed by atoms with Crippen LogP contribution in [0.25, 0.3) is 0 Å². The fraction of sp³-hybridized carbons (Fsp3) is 0.647. The highest BCUT2D eigenvalue weighted by Crippen LogP contribution is 2.26. The standard InChI is InChI=1S/C17H27ClN2O2S/c1-17(2,3)23(21,22)20-16-8-4-13(5-9-16)12-19-15-10-6-14(18)7-11-15/h6-7,10-11,13,16,19-20H,4-5,8-9,12H2,1-3H3. The van der Waals surface area contributed by atoms with Crippen molar-refractivity contribution in [1.82, 2.24) is 4.72 Å². The van der Waals surface area contributed by atoms with Gasteiger partial charge in [-0.1, -0.05) is 11.6 Å². The minimum absolute atomic E-state index is 0.0750. The Bertz CT molecular complexity index is 600. The molecule has 1 aliphatic rings. The van der Waals surface area contributed by atoms with Gasteiger partial charge in [-0.3, -0.25) is 0 Å². The van der Waals surface area contributed by atoms with Crippen molar-refractivity contribution in [3.63, 3.8) is 0 Å². The zero-order valence-electron chi connectivity index (χ0n) is 14.1. The summed E-state index contributed by atoms with van der Waals surface area (Å²) in [5.74, 6) is 0.584. The lowest BCUT2D eigenvalue weighted by atomic mass is 9.86. The van der Waals surface area contributed by atoms with Gasteiger partial charge in [0.25, 0.3) is 0 Å². The van der Waals surface area contributed by atoms with Crippen LogP contribution in [-0.2, 0) is 10.0 Å². The van der Waals surface area contributed by atoms with Crippen LogP contribution < -0.4 is 10.0 Å². The Morgan fingerprint density at radius 1 is 1.09 bits per heavy atom. The smallest absolute Gasteiger partial charge is 0.216 e. The molecule has 0 amide bonds. The summed E-state index contributed by atoms with van der Waals surface area (Å²) in [5.41, 5.74) is 1.07. The van der Waals surface area contributed by atoms with Crippen molar-refractivity contribution in [2.75, 3.05) is 11.9 Å². The van der Waals surface area contributed by atoms with Gasteiger partial charge in [0, 0.05) is 23.3 Å². The molecule has 130 valence electrons. The van der Waals surface area contributed by atoms with Crippen LogP contribution >= 0.6 is 11.6 Å². The zero-order chi connectivity index (χ0) is 17.1. The molecule has 1 fully saturated rings. The van der Waals surface area contributed by atoms with E-state index in [2.05, 4.69) is 10.0 Å². The summed E-state index contributed by atoms with van der Waals surface area (Å²) in [6, 6.07) is 7.78. The lowest BCUT2D eigenvalue weighted by molar-refractivity contribution is 0.322. The van der Waals surface area contributed by atoms with E-state index >= 15 is 0 Å². The Labute approximate surface area is 145 Å². The zero-order valence-corrected chi connectivity index (χ0v) is 15.7. The number of halogens is 1. The molecule has 1 aliphatic carbocycles. The van der Waals surface area contributed by atoms with Gasteiger partial charge in [0.05, 0.1) is 4.75 Å². The van der Waals surface area contributed by atoms with E-state index in [0.29, 0.717) is 5.92 Å². The third-order valence-electron chi connectivity index (χ3n) is 4.41. The van der Waals surface area contributed by atoms with Crippen molar-refractivity contribution in [2.45, 2.75) is 57.2 Å². The van der Waals surface area contributed by atoms with E-state index in [1.54, 1.807) is 20.8 Å². The molecule has 23 heavy (non-hydrogen) atoms. The lowest BCUT2D eigenvalue weighted by Crippen LogP contribution is -2.46. The van der Waals surface area contributed by atoms with Crippen LogP contribution in [0.5, 0.6) is 0 Å². The third-order valence-corrected chi connectivity index (χ3v) is 6.92. The molecule has 2 N–H and O–H groups in total. The number of benzene rings is 1. The van der Waals surface area contributed by atoms with E-state index in [0.717, 1.165) is 42.9 Å². The maximum absolute atomic E-state index is 12.2. The van der Waals surface area contributed by atoms with Gasteiger partial charge in [-0.2, -0.15) is 0 Å². The highest BCUT2D eigenvalue weighted by molar-refractivity contribution is 7.90. The summed E-state index contributed by atoms with van der Waals surface area (Å²) < 4.78 is 26.5. The summed E-state index contributed by atoms with van der Waals surface area (Å²) >= 11 is 5.88. The number of rotatable bonds is 5. The molecule has 0 atom stereocenters. The van der Waals surface area contributed by atoms with Crippen molar-refractivity contribution in [2.24, 2.45) is 5.92 Å². The number of sulfonamides is 1. The molecule has 1 aromatic rings. The normalized spacial score (nSPS) is 22.8. The lowest BCUT2D eigenvalue weighted by Gasteiger charge is -2.31. The Kier molecular flexibility index (Phi) is 5.98. The predicted molar refractivity (Wildman–Crippen MR) is 97.5 cm³/mol. The van der Waals surface area contributed by atoms with Crippen LogP contribution in [-0.4, -0.2) is 25.8 Å². The van der Waals surface area contributed by atoms with Gasteiger partial charge in [-0.25, -0.2) is 13.1 Å². The molecule has 0 aliphatic heterocycles. The van der Waals surface area contributed by atoms with Crippen molar-refractivity contribution < 1.29 is 8.42 Å². The van der Waals surface area contributed by atoms with Crippen LogP contribution in [0.4, 0.5) is 5.69 Å². The second kappa shape index (κ2) is 7.41. The molecule has 6 heteroatoms. The van der Waals surface area contributed by atoms with E-state index in [4.69, 9.17) is 11.6 Å². The van der Waals surface area contributed by atoms with Crippen LogP contribution in [0.15, 0.2) is 24.3 Å². The van der Waals surface area contributed by atoms with E-state index in [-0.39, 0.29) is 6.04 Å². The van der Waals surface area contributed by atoms with Gasteiger partial charge in [-0.15, -0.1) is 0 Å². The third kappa shape index (κ3) is 5.37. The molecule has 2 rings (SSSR count). The maximum atomic E-state index is 12.2. The Hall–Kier alpha value is -0.780. The molecule has 4 nitrogen and oxygen atoms in total. The van der Waals surface area contributed by atoms with Crippen molar-refractivity contribution in [3.8, 4) is 0 Å². The molecule has 0 radical (unpaired) electrons. The molecule has 1 saturated carbocycles. The molecule has 0 unspecified atom stereocenters. The van der Waals surface area contributed by atoms with Crippen LogP contribution in [0.2, 0.25) is 5.02 Å². The SMILES string of the molecule is CC(C)(C)S(=O)(=O)NC1CCC(CNc2ccc(Cl)cc2)CC1. The van der Waals surface area contributed by atoms with Crippen LogP contribution in [0, 0.1) is 5.92 Å². The molecule has 1 aromatic carbocycles. The van der Waals surface area contributed by atoms with Gasteiger partial charge >= 0.3 is 0 Å². The summed E-state index contributed by atoms with van der Waals surface area (Å²) in [5, 5.41) is 4.17. The fourth-order valence-corrected chi connectivity index (χ4v) is 3.86. The van der Waals surface area contributed by atoms with Crippen molar-refractivity contribution >= 4 is 27.3 Å². The first-order valence-electron chi connectivity index (χ1n) is 8.19. The molecule has 0 heterocycles. The van der Waals surface area contributed by atoms with Crippen molar-refractivity contribution in [3.05, 3.63) is 29.3 Å². The fourth-order valence-electron chi connectivity index (χ4n) is 2.71. The van der Waals surface area contributed by atoms with E-state index in [9.17, 15) is 8.42 Å². The number of anilines is 1. The summed E-state index contributed by atoms with van der Waals surface area (Å²) in [6.45, 7) is 6.12. The first-order valence-corrected chi connectivity index (χ1v) is 10.0. The van der Waals surface area contributed by atoms with Crippen LogP contribution in [0.3, 0.4) is 0 Å². The molecular weight excluding hydrogens is 332 g/mol. The monoisotopic (exact) mass is 358 g/mol. The Balaban J connectivity index is 1.77. The first-order chi connectivity index (χ1) is 10.7. The number of hydrogen-bond acceptors (Lipinski definition) is 3. The summed E-state index contributed by atoms with van der Waals surface area (Å²) in [4.78, 5) is 0. The second-order valence-electron chi connectivity index (χ2n) is 7.34. The van der Waals surface area contributed by atoms with E-state index in [1.165, 1.54) is 0 Å². The summed E-state index contributed by atoms with van der Waals surface area (Å²) in [7, 11) is -3.25. The Morgan fingerprint density at radius 2 is 1.65 bits per heavy atom. The van der Waals surface area contributed by atoms with E-state index < -0.39 is 14.8 Å². The first kappa shape index (κ1) is 18.6. The number of hydrogen-bond donors (Lipinski definition) is 2. The largest absolute Gasteiger partial charge is 0.385 e. The predicted octanol–water partition coefficient (Wildman–Crippen LogP) is 4.03. The average Bonchev–Trinajstić information content (AvgIpc) is 2.47. The quantitative estimate of drug-likeness (QED) is 0.835. The molecule has 0 aromatic heterocycles. The van der Waals surface area contributed by atoms with Gasteiger partial charge in [-0.05, 0) is 76.6 Å². The molecule has 0 bridgehead atoms. The maximum Gasteiger partial charge on any atom is 0.216 e. The molecule has 0 saturated heterocycles. The van der Waals surface area contributed by atoms with Crippen molar-refractivity contribution in [1.29, 1.82) is 0 Å². The van der Waals surface area contributed by atoms with Gasteiger partial charge in [0.15, 0.2) is 0 Å².